The van der Waals surface area contributed by atoms with Gasteiger partial charge in [0, 0.05) is 24.5 Å². The molecular weight excluding hydrogens is 332 g/mol. The van der Waals surface area contributed by atoms with E-state index in [1.54, 1.807) is 6.92 Å². The molecule has 9 heteroatoms. The third-order valence-corrected chi connectivity index (χ3v) is 8.40. The molecule has 0 aliphatic carbocycles. The van der Waals surface area contributed by atoms with Crippen molar-refractivity contribution in [3.05, 3.63) is 15.8 Å². The second kappa shape index (κ2) is 6.33. The molecule has 1 aromatic heterocycles. The highest BCUT2D eigenvalue weighted by Gasteiger charge is 2.34. The lowest BCUT2D eigenvalue weighted by atomic mass is 10.3. The smallest absolute Gasteiger partial charge is 0.244 e. The molecule has 1 saturated heterocycles. The van der Waals surface area contributed by atoms with Crippen LogP contribution >= 0.6 is 11.3 Å². The number of sulfonamides is 1. The van der Waals surface area contributed by atoms with E-state index in [9.17, 15) is 16.8 Å². The number of nitrogens with one attached hydrogen (secondary N) is 1. The number of rotatable bonds is 5. The molecule has 1 aliphatic rings. The highest BCUT2D eigenvalue weighted by molar-refractivity contribution is 7.92. The van der Waals surface area contributed by atoms with Gasteiger partial charge in [-0.2, -0.15) is 4.31 Å². The quantitative estimate of drug-likeness (QED) is 0.838. The Morgan fingerprint density at radius 1 is 1.33 bits per heavy atom. The Balaban J connectivity index is 2.30. The Hall–Kier alpha value is -0.480. The highest BCUT2D eigenvalue weighted by atomic mass is 32.2. The van der Waals surface area contributed by atoms with Crippen molar-refractivity contribution in [2.75, 3.05) is 31.1 Å². The number of nitrogens with zero attached hydrogens (tertiary/aromatic N) is 1. The fourth-order valence-electron chi connectivity index (χ4n) is 2.26. The Morgan fingerprint density at radius 2 is 1.95 bits per heavy atom. The van der Waals surface area contributed by atoms with Crippen LogP contribution in [0.3, 0.4) is 0 Å². The maximum Gasteiger partial charge on any atom is 0.244 e. The van der Waals surface area contributed by atoms with Gasteiger partial charge in [-0.1, -0.05) is 6.92 Å². The third kappa shape index (κ3) is 3.65. The van der Waals surface area contributed by atoms with E-state index in [1.807, 2.05) is 12.3 Å². The molecular formula is C12H20N2O4S3. The molecule has 0 atom stereocenters. The van der Waals surface area contributed by atoms with E-state index in [0.717, 1.165) is 17.0 Å². The van der Waals surface area contributed by atoms with Crippen LogP contribution in [0.4, 0.5) is 0 Å². The summed E-state index contributed by atoms with van der Waals surface area (Å²) in [6, 6.07) is 0. The molecule has 0 amide bonds. The van der Waals surface area contributed by atoms with Gasteiger partial charge in [0.05, 0.1) is 11.5 Å². The zero-order chi connectivity index (χ0) is 15.7. The molecule has 0 aromatic carbocycles. The predicted molar refractivity (Wildman–Crippen MR) is 83.8 cm³/mol. The zero-order valence-electron chi connectivity index (χ0n) is 12.1. The minimum Gasteiger partial charge on any atom is -0.312 e. The van der Waals surface area contributed by atoms with Crippen molar-refractivity contribution in [2.45, 2.75) is 25.3 Å². The predicted octanol–water partition coefficient (Wildman–Crippen LogP) is 0.585. The molecule has 1 fully saturated rings. The summed E-state index contributed by atoms with van der Waals surface area (Å²) in [5, 5.41) is 4.97. The molecule has 1 N–H and O–H groups in total. The third-order valence-electron chi connectivity index (χ3n) is 3.43. The fraction of sp³-hybridized carbons (Fsp3) is 0.667. The standard InChI is InChI=1S/C12H20N2O4S3/c1-3-13-8-11-12(10(2)9-19-11)21(17,18)14-4-6-20(15,16)7-5-14/h9,13H,3-8H2,1-2H3. The molecule has 21 heavy (non-hydrogen) atoms. The van der Waals surface area contributed by atoms with Gasteiger partial charge in [0.15, 0.2) is 9.84 Å². The monoisotopic (exact) mass is 352 g/mol. The van der Waals surface area contributed by atoms with Gasteiger partial charge in [-0.25, -0.2) is 16.8 Å². The van der Waals surface area contributed by atoms with E-state index in [2.05, 4.69) is 5.32 Å². The molecule has 6 nitrogen and oxygen atoms in total. The largest absolute Gasteiger partial charge is 0.312 e. The summed E-state index contributed by atoms with van der Waals surface area (Å²) in [6.45, 7) is 5.10. The summed E-state index contributed by atoms with van der Waals surface area (Å²) in [7, 11) is -6.72. The lowest BCUT2D eigenvalue weighted by molar-refractivity contribution is 0.430. The lowest BCUT2D eigenvalue weighted by Gasteiger charge is -2.26. The summed E-state index contributed by atoms with van der Waals surface area (Å²) >= 11 is 1.42. The number of thiophene rings is 1. The second-order valence-corrected chi connectivity index (χ2v) is 10.1. The Bertz CT molecular complexity index is 693. The Labute approximate surface area is 130 Å². The summed E-state index contributed by atoms with van der Waals surface area (Å²) in [5.41, 5.74) is 0.723. The van der Waals surface area contributed by atoms with Crippen molar-refractivity contribution in [3.8, 4) is 0 Å². The van der Waals surface area contributed by atoms with Gasteiger partial charge in [0.1, 0.15) is 4.90 Å². The van der Waals surface area contributed by atoms with Crippen LogP contribution in [0.15, 0.2) is 10.3 Å². The van der Waals surface area contributed by atoms with Gasteiger partial charge in [-0.15, -0.1) is 11.3 Å². The summed E-state index contributed by atoms with van der Waals surface area (Å²) < 4.78 is 49.7. The van der Waals surface area contributed by atoms with Crippen LogP contribution in [0.5, 0.6) is 0 Å². The van der Waals surface area contributed by atoms with Gasteiger partial charge in [-0.05, 0) is 24.4 Å². The van der Waals surface area contributed by atoms with Gasteiger partial charge < -0.3 is 5.32 Å². The molecule has 2 rings (SSSR count). The molecule has 1 aromatic rings. The molecule has 0 unspecified atom stereocenters. The molecule has 120 valence electrons. The Morgan fingerprint density at radius 3 is 2.52 bits per heavy atom. The van der Waals surface area contributed by atoms with Crippen LogP contribution in [0.1, 0.15) is 17.4 Å². The van der Waals surface area contributed by atoms with Crippen LogP contribution in [0.25, 0.3) is 0 Å². The van der Waals surface area contributed by atoms with Crippen molar-refractivity contribution >= 4 is 31.2 Å². The van der Waals surface area contributed by atoms with E-state index < -0.39 is 19.9 Å². The summed E-state index contributed by atoms with van der Waals surface area (Å²) in [4.78, 5) is 1.12. The average molecular weight is 353 g/mol. The first kappa shape index (κ1) is 16.9. The minimum atomic E-state index is -3.62. The van der Waals surface area contributed by atoms with E-state index in [-0.39, 0.29) is 24.6 Å². The number of aryl methyl sites for hydroxylation is 1. The lowest BCUT2D eigenvalue weighted by Crippen LogP contribution is -2.44. The van der Waals surface area contributed by atoms with Gasteiger partial charge in [-0.3, -0.25) is 0 Å². The first-order chi connectivity index (χ1) is 9.78. The van der Waals surface area contributed by atoms with Crippen molar-refractivity contribution in [2.24, 2.45) is 0 Å². The van der Waals surface area contributed by atoms with E-state index in [1.165, 1.54) is 15.6 Å². The first-order valence-corrected chi connectivity index (χ1v) is 10.9. The topological polar surface area (TPSA) is 83.6 Å². The maximum absolute atomic E-state index is 12.8. The highest BCUT2D eigenvalue weighted by Crippen LogP contribution is 2.30. The van der Waals surface area contributed by atoms with Gasteiger partial charge in [0.25, 0.3) is 0 Å². The van der Waals surface area contributed by atoms with Crippen molar-refractivity contribution in [3.63, 3.8) is 0 Å². The second-order valence-electron chi connectivity index (χ2n) is 5.01. The first-order valence-electron chi connectivity index (χ1n) is 6.76. The summed E-state index contributed by atoms with van der Waals surface area (Å²) in [6.07, 6.45) is 0. The van der Waals surface area contributed by atoms with E-state index in [0.29, 0.717) is 11.4 Å². The fourth-order valence-corrected chi connectivity index (χ4v) is 6.86. The molecule has 1 aliphatic heterocycles. The molecule has 0 saturated carbocycles. The van der Waals surface area contributed by atoms with Gasteiger partial charge >= 0.3 is 0 Å². The number of hydrogen-bond acceptors (Lipinski definition) is 6. The van der Waals surface area contributed by atoms with Crippen molar-refractivity contribution in [1.82, 2.24) is 9.62 Å². The molecule has 0 radical (unpaired) electrons. The Kier molecular flexibility index (Phi) is 5.09. The summed E-state index contributed by atoms with van der Waals surface area (Å²) in [5.74, 6) is -0.198. The maximum atomic E-state index is 12.8. The molecule has 0 spiro atoms. The van der Waals surface area contributed by atoms with Crippen LogP contribution < -0.4 is 5.32 Å². The minimum absolute atomic E-state index is 0.0423. The number of hydrogen-bond donors (Lipinski definition) is 1. The van der Waals surface area contributed by atoms with Gasteiger partial charge in [0.2, 0.25) is 10.0 Å². The number of sulfone groups is 1. The van der Waals surface area contributed by atoms with Crippen molar-refractivity contribution < 1.29 is 16.8 Å². The van der Waals surface area contributed by atoms with Crippen LogP contribution in [0, 0.1) is 6.92 Å². The van der Waals surface area contributed by atoms with Crippen molar-refractivity contribution in [1.29, 1.82) is 0 Å². The van der Waals surface area contributed by atoms with E-state index >= 15 is 0 Å². The van der Waals surface area contributed by atoms with Crippen LogP contribution in [0.2, 0.25) is 0 Å². The molecule has 2 heterocycles. The SMILES string of the molecule is CCNCc1scc(C)c1S(=O)(=O)N1CCS(=O)(=O)CC1. The average Bonchev–Trinajstić information content (AvgIpc) is 2.77. The van der Waals surface area contributed by atoms with Crippen LogP contribution in [-0.4, -0.2) is 52.3 Å². The normalized spacial score (nSPS) is 19.7. The zero-order valence-corrected chi connectivity index (χ0v) is 14.6. The van der Waals surface area contributed by atoms with E-state index in [4.69, 9.17) is 0 Å². The molecule has 0 bridgehead atoms. The van der Waals surface area contributed by atoms with Crippen LogP contribution in [-0.2, 0) is 26.4 Å².